The molecular formula is C17H13FN4O3. The van der Waals surface area contributed by atoms with Crippen molar-refractivity contribution in [2.24, 2.45) is 0 Å². The van der Waals surface area contributed by atoms with Crippen LogP contribution in [0.1, 0.15) is 27.6 Å². The maximum absolute atomic E-state index is 12.9. The first kappa shape index (κ1) is 16.4. The first-order valence-electron chi connectivity index (χ1n) is 7.39. The van der Waals surface area contributed by atoms with E-state index in [1.54, 1.807) is 24.3 Å². The van der Waals surface area contributed by atoms with E-state index in [0.717, 1.165) is 0 Å². The highest BCUT2D eigenvalue weighted by atomic mass is 19.1. The van der Waals surface area contributed by atoms with Crippen molar-refractivity contribution in [1.29, 1.82) is 0 Å². The van der Waals surface area contributed by atoms with E-state index in [2.05, 4.69) is 15.5 Å². The highest BCUT2D eigenvalue weighted by Crippen LogP contribution is 2.12. The first-order valence-corrected chi connectivity index (χ1v) is 7.39. The number of carbonyl (C=O) groups is 2. The summed E-state index contributed by atoms with van der Waals surface area (Å²) in [4.78, 5) is 24.4. The number of halogens is 1. The van der Waals surface area contributed by atoms with Gasteiger partial charge in [0.1, 0.15) is 12.1 Å². The number of nitrogens with zero attached hydrogens (tertiary/aromatic N) is 4. The smallest absolute Gasteiger partial charge is 0.338 e. The number of hydrogen-bond donors (Lipinski definition) is 0. The lowest BCUT2D eigenvalue weighted by atomic mass is 10.1. The van der Waals surface area contributed by atoms with E-state index in [4.69, 9.17) is 4.74 Å². The molecule has 7 nitrogen and oxygen atoms in total. The van der Waals surface area contributed by atoms with Crippen LogP contribution in [0.4, 0.5) is 4.39 Å². The minimum absolute atomic E-state index is 0.274. The van der Waals surface area contributed by atoms with Crippen molar-refractivity contribution in [1.82, 2.24) is 20.2 Å². The quantitative estimate of drug-likeness (QED) is 0.523. The van der Waals surface area contributed by atoms with Crippen molar-refractivity contribution in [3.8, 4) is 5.69 Å². The van der Waals surface area contributed by atoms with Crippen LogP contribution in [0.2, 0.25) is 0 Å². The zero-order valence-corrected chi connectivity index (χ0v) is 13.2. The van der Waals surface area contributed by atoms with E-state index in [9.17, 15) is 14.0 Å². The van der Waals surface area contributed by atoms with Crippen LogP contribution < -0.4 is 0 Å². The van der Waals surface area contributed by atoms with Gasteiger partial charge in [0.25, 0.3) is 0 Å². The van der Waals surface area contributed by atoms with Crippen LogP contribution in [0.15, 0.2) is 54.9 Å². The molecule has 0 fully saturated rings. The summed E-state index contributed by atoms with van der Waals surface area (Å²) in [6.07, 6.45) is 0.439. The molecule has 3 aromatic rings. The van der Waals surface area contributed by atoms with Crippen molar-refractivity contribution >= 4 is 11.8 Å². The van der Waals surface area contributed by atoms with Crippen molar-refractivity contribution < 1.29 is 18.7 Å². The third kappa shape index (κ3) is 3.74. The average Bonchev–Trinajstić information content (AvgIpc) is 3.16. The zero-order valence-electron chi connectivity index (χ0n) is 13.2. The molecule has 0 saturated carbocycles. The van der Waals surface area contributed by atoms with Crippen LogP contribution in [-0.4, -0.2) is 38.1 Å². The fraction of sp³-hybridized carbons (Fsp3) is 0.118. The summed E-state index contributed by atoms with van der Waals surface area (Å²) < 4.78 is 19.5. The number of esters is 1. The predicted octanol–water partition coefficient (Wildman–Crippen LogP) is 2.23. The number of aromatic nitrogens is 4. The maximum Gasteiger partial charge on any atom is 0.338 e. The lowest BCUT2D eigenvalue weighted by Crippen LogP contribution is -2.24. The number of benzene rings is 2. The van der Waals surface area contributed by atoms with Gasteiger partial charge in [-0.05, 0) is 65.9 Å². The first-order chi connectivity index (χ1) is 12.0. The van der Waals surface area contributed by atoms with E-state index < -0.39 is 23.7 Å². The molecule has 0 amide bonds. The Balaban J connectivity index is 1.67. The van der Waals surface area contributed by atoms with Crippen LogP contribution in [-0.2, 0) is 4.74 Å². The van der Waals surface area contributed by atoms with Crippen molar-refractivity contribution in [3.63, 3.8) is 0 Å². The molecule has 25 heavy (non-hydrogen) atoms. The summed E-state index contributed by atoms with van der Waals surface area (Å²) in [5, 5.41) is 10.8. The van der Waals surface area contributed by atoms with Gasteiger partial charge in [-0.15, -0.1) is 5.10 Å². The minimum atomic E-state index is -0.989. The highest BCUT2D eigenvalue weighted by Gasteiger charge is 2.20. The SMILES string of the molecule is C[C@@H](OC(=O)c1ccc(-n2cnnn2)cc1)C(=O)c1ccc(F)cc1. The zero-order chi connectivity index (χ0) is 17.8. The molecule has 126 valence electrons. The van der Waals surface area contributed by atoms with E-state index in [1.807, 2.05) is 0 Å². The fourth-order valence-corrected chi connectivity index (χ4v) is 2.16. The van der Waals surface area contributed by atoms with Crippen molar-refractivity contribution in [2.45, 2.75) is 13.0 Å². The van der Waals surface area contributed by atoms with Gasteiger partial charge < -0.3 is 4.74 Å². The molecule has 0 saturated heterocycles. The number of hydrogen-bond acceptors (Lipinski definition) is 6. The summed E-state index contributed by atoms with van der Waals surface area (Å²) in [6.45, 7) is 1.47. The molecule has 0 bridgehead atoms. The second kappa shape index (κ2) is 7.00. The molecule has 3 rings (SSSR count). The van der Waals surface area contributed by atoms with Crippen LogP contribution in [0.25, 0.3) is 5.69 Å². The van der Waals surface area contributed by atoms with Gasteiger partial charge in [0, 0.05) is 5.56 Å². The normalized spacial score (nSPS) is 11.8. The summed E-state index contributed by atoms with van der Waals surface area (Å²) in [5.74, 6) is -1.48. The van der Waals surface area contributed by atoms with Gasteiger partial charge in [-0.2, -0.15) is 0 Å². The number of Topliss-reactive ketones (excluding diaryl/α,β-unsaturated/α-hetero) is 1. The van der Waals surface area contributed by atoms with Crippen molar-refractivity contribution in [2.75, 3.05) is 0 Å². The fourth-order valence-electron chi connectivity index (χ4n) is 2.16. The van der Waals surface area contributed by atoms with Gasteiger partial charge in [0.15, 0.2) is 6.10 Å². The predicted molar refractivity (Wildman–Crippen MR) is 84.8 cm³/mol. The molecule has 0 N–H and O–H groups in total. The van der Waals surface area contributed by atoms with Gasteiger partial charge in [0.05, 0.1) is 11.3 Å². The molecular weight excluding hydrogens is 327 g/mol. The van der Waals surface area contributed by atoms with Crippen LogP contribution >= 0.6 is 0 Å². The molecule has 0 aliphatic carbocycles. The molecule has 0 spiro atoms. The molecule has 1 heterocycles. The third-order valence-corrected chi connectivity index (χ3v) is 3.50. The Morgan fingerprint density at radius 1 is 1.04 bits per heavy atom. The Bertz CT molecular complexity index is 877. The summed E-state index contributed by atoms with van der Waals surface area (Å²) >= 11 is 0. The van der Waals surface area contributed by atoms with Gasteiger partial charge in [0.2, 0.25) is 5.78 Å². The van der Waals surface area contributed by atoms with E-state index in [1.165, 1.54) is 42.2 Å². The molecule has 1 aromatic heterocycles. The Morgan fingerprint density at radius 3 is 2.28 bits per heavy atom. The lowest BCUT2D eigenvalue weighted by molar-refractivity contribution is 0.0319. The van der Waals surface area contributed by atoms with Crippen LogP contribution in [0.5, 0.6) is 0 Å². The Kier molecular flexibility index (Phi) is 4.60. The van der Waals surface area contributed by atoms with Gasteiger partial charge in [-0.1, -0.05) is 0 Å². The molecule has 0 aliphatic heterocycles. The molecule has 1 atom stereocenters. The number of tetrazole rings is 1. The summed E-state index contributed by atoms with van der Waals surface area (Å²) in [7, 11) is 0. The van der Waals surface area contributed by atoms with Crippen LogP contribution in [0, 0.1) is 5.82 Å². The molecule has 0 radical (unpaired) electrons. The van der Waals surface area contributed by atoms with E-state index >= 15 is 0 Å². The number of ether oxygens (including phenoxy) is 1. The second-order valence-corrected chi connectivity index (χ2v) is 5.22. The summed E-state index contributed by atoms with van der Waals surface area (Å²) in [6, 6.07) is 11.5. The van der Waals surface area contributed by atoms with Gasteiger partial charge in [-0.3, -0.25) is 4.79 Å². The number of ketones is 1. The second-order valence-electron chi connectivity index (χ2n) is 5.22. The van der Waals surface area contributed by atoms with Gasteiger partial charge >= 0.3 is 5.97 Å². The number of rotatable bonds is 5. The Hall–Kier alpha value is -3.42. The largest absolute Gasteiger partial charge is 0.451 e. The standard InChI is InChI=1S/C17H13FN4O3/c1-11(16(23)12-2-6-14(18)7-3-12)25-17(24)13-4-8-15(9-5-13)22-10-19-20-21-22/h2-11H,1H3/t11-/m1/s1. The highest BCUT2D eigenvalue weighted by molar-refractivity contribution is 6.01. The van der Waals surface area contributed by atoms with Crippen molar-refractivity contribution in [3.05, 3.63) is 71.8 Å². The molecule has 8 heteroatoms. The molecule has 0 aliphatic rings. The van der Waals surface area contributed by atoms with Gasteiger partial charge in [-0.25, -0.2) is 13.9 Å². The molecule has 0 unspecified atom stereocenters. The number of carbonyl (C=O) groups excluding carboxylic acids is 2. The summed E-state index contributed by atoms with van der Waals surface area (Å²) in [5.41, 5.74) is 1.24. The Morgan fingerprint density at radius 2 is 1.68 bits per heavy atom. The van der Waals surface area contributed by atoms with Crippen LogP contribution in [0.3, 0.4) is 0 Å². The molecule has 2 aromatic carbocycles. The Labute approximate surface area is 142 Å². The average molecular weight is 340 g/mol. The maximum atomic E-state index is 12.9. The van der Waals surface area contributed by atoms with E-state index in [-0.39, 0.29) is 11.1 Å². The minimum Gasteiger partial charge on any atom is -0.451 e. The van der Waals surface area contributed by atoms with E-state index in [0.29, 0.717) is 5.69 Å². The monoisotopic (exact) mass is 340 g/mol. The topological polar surface area (TPSA) is 87.0 Å². The third-order valence-electron chi connectivity index (χ3n) is 3.50. The lowest BCUT2D eigenvalue weighted by Gasteiger charge is -2.12.